The number of rotatable bonds is 5. The van der Waals surface area contributed by atoms with E-state index in [-0.39, 0.29) is 25.7 Å². The van der Waals surface area contributed by atoms with Gasteiger partial charge in [0.2, 0.25) is 0 Å². The number of pyridine rings is 2. The van der Waals surface area contributed by atoms with Crippen LogP contribution < -0.4 is 0 Å². The van der Waals surface area contributed by atoms with Gasteiger partial charge in [-0.05, 0) is 52.9 Å². The second kappa shape index (κ2) is 14.3. The Labute approximate surface area is 290 Å². The Morgan fingerprint density at radius 2 is 1.41 bits per heavy atom. The predicted molar refractivity (Wildman–Crippen MR) is 184 cm³/mol. The van der Waals surface area contributed by atoms with Gasteiger partial charge in [-0.15, -0.1) is 59.7 Å². The molecule has 4 heteroatoms. The van der Waals surface area contributed by atoms with Crippen LogP contribution in [0.5, 0.6) is 0 Å². The van der Waals surface area contributed by atoms with E-state index in [9.17, 15) is 0 Å². The number of hydrogen-bond acceptors (Lipinski definition) is 3. The van der Waals surface area contributed by atoms with Crippen molar-refractivity contribution < 1.29 is 31.4 Å². The normalized spacial score (nSPS) is 12.8. The van der Waals surface area contributed by atoms with Crippen molar-refractivity contribution in [3.05, 3.63) is 181 Å². The summed E-state index contributed by atoms with van der Waals surface area (Å²) in [6.45, 7) is -2.25. The van der Waals surface area contributed by atoms with Crippen LogP contribution in [0.2, 0.25) is 0 Å². The average Bonchev–Trinajstić information content (AvgIpc) is 3.54. The smallest absolute Gasteiger partial charge is 0.120 e. The van der Waals surface area contributed by atoms with E-state index in [1.165, 1.54) is 0 Å². The van der Waals surface area contributed by atoms with E-state index < -0.39 is 13.2 Å². The topological polar surface area (TPSA) is 38.9 Å². The molecule has 0 amide bonds. The van der Waals surface area contributed by atoms with Crippen LogP contribution in [0.15, 0.2) is 156 Å². The largest absolute Gasteiger partial charge is 0.500 e. The summed E-state index contributed by atoms with van der Waals surface area (Å²) in [5, 5.41) is 1.97. The van der Waals surface area contributed by atoms with E-state index in [0.29, 0.717) is 22.4 Å². The summed E-state index contributed by atoms with van der Waals surface area (Å²) in [7, 11) is 0. The van der Waals surface area contributed by atoms with Gasteiger partial charge in [-0.25, -0.2) is 0 Å². The molecule has 0 aliphatic heterocycles. The van der Waals surface area contributed by atoms with Crippen LogP contribution in [0.1, 0.15) is 23.5 Å². The molecule has 0 saturated heterocycles. The minimum absolute atomic E-state index is 0. The van der Waals surface area contributed by atoms with Gasteiger partial charge in [0, 0.05) is 50.3 Å². The van der Waals surface area contributed by atoms with Gasteiger partial charge in [0.25, 0.3) is 0 Å². The summed E-state index contributed by atoms with van der Waals surface area (Å²) in [4.78, 5) is 8.93. The fourth-order valence-corrected chi connectivity index (χ4v) is 5.14. The van der Waals surface area contributed by atoms with Crippen LogP contribution in [0.3, 0.4) is 0 Å². The van der Waals surface area contributed by atoms with E-state index in [1.807, 2.05) is 109 Å². The molecule has 1 radical (unpaired) electrons. The molecule has 3 aromatic heterocycles. The summed E-state index contributed by atoms with van der Waals surface area (Å²) >= 11 is 0. The van der Waals surface area contributed by atoms with Crippen molar-refractivity contribution in [1.29, 1.82) is 0 Å². The second-order valence-corrected chi connectivity index (χ2v) is 10.4. The number of aromatic nitrogens is 2. The Balaban J connectivity index is 0.000000181. The molecule has 0 aliphatic carbocycles. The molecule has 0 atom stereocenters. The summed E-state index contributed by atoms with van der Waals surface area (Å²) in [5.41, 5.74) is 7.46. The standard InChI is InChI=1S/C24H16NO.C18H14N.Ir/c1-16-13-22(25-15-21(16)17-7-3-2-4-8-17)18-11-12-24-20(14-18)19-9-5-6-10-23(19)26-24;1-3-7-15(8-4-1)13-16-11-12-18(19-14-16)17-9-5-2-6-10-17;/h2-10,12-15H,1H3;1-9,11-12,14H,13H2;/q2*-1;/i1D3;13D2;. The number of nitrogens with zero attached hydrogens (tertiary/aromatic N) is 2. The summed E-state index contributed by atoms with van der Waals surface area (Å²) in [6, 6.07) is 49.4. The Kier molecular flexibility index (Phi) is 7.80. The zero-order valence-electron chi connectivity index (χ0n) is 29.6. The first kappa shape index (κ1) is 25.1. The van der Waals surface area contributed by atoms with E-state index in [4.69, 9.17) is 11.3 Å². The number of furan rings is 1. The van der Waals surface area contributed by atoms with Crippen molar-refractivity contribution in [2.24, 2.45) is 0 Å². The molecule has 46 heavy (non-hydrogen) atoms. The van der Waals surface area contributed by atoms with Crippen LogP contribution in [-0.2, 0) is 26.5 Å². The fourth-order valence-electron chi connectivity index (χ4n) is 5.14. The van der Waals surface area contributed by atoms with Gasteiger partial charge in [-0.1, -0.05) is 102 Å². The van der Waals surface area contributed by atoms with Crippen molar-refractivity contribution in [2.75, 3.05) is 0 Å². The Bertz CT molecular complexity index is 2380. The third kappa shape index (κ3) is 6.89. The molecule has 0 fully saturated rings. The Hall–Kier alpha value is -5.15. The molecule has 0 aliphatic rings. The Morgan fingerprint density at radius 3 is 2.17 bits per heavy atom. The number of para-hydroxylation sites is 1. The van der Waals surface area contributed by atoms with Gasteiger partial charge in [0.1, 0.15) is 5.58 Å². The molecule has 0 saturated carbocycles. The SMILES string of the molecule is [2H]C([2H])([2H])c1cc(-c2[c-]cc3oc4ccccc4c3c2)ncc1-c1ccccc1.[2H]C([2H])(c1ccccc1)c1ccc(-c2[c-]cccc2)nc1.[Ir]. The van der Waals surface area contributed by atoms with Crippen molar-refractivity contribution in [2.45, 2.75) is 13.2 Å². The molecule has 8 rings (SSSR count). The monoisotopic (exact) mass is 776 g/mol. The molecule has 0 N–H and O–H groups in total. The first-order chi connectivity index (χ1) is 24.2. The van der Waals surface area contributed by atoms with E-state index >= 15 is 0 Å². The molecule has 8 aromatic rings. The van der Waals surface area contributed by atoms with Gasteiger partial charge >= 0.3 is 0 Å². The number of hydrogen-bond donors (Lipinski definition) is 0. The summed E-state index contributed by atoms with van der Waals surface area (Å²) in [5.74, 6) is 0. The first-order valence-electron chi connectivity index (χ1n) is 17.1. The van der Waals surface area contributed by atoms with Crippen LogP contribution in [-0.4, -0.2) is 9.97 Å². The number of benzene rings is 5. The van der Waals surface area contributed by atoms with Crippen molar-refractivity contribution in [3.63, 3.8) is 0 Å². The molecule has 225 valence electrons. The van der Waals surface area contributed by atoms with Crippen molar-refractivity contribution in [3.8, 4) is 33.6 Å². The molecule has 5 aromatic carbocycles. The zero-order chi connectivity index (χ0) is 34.7. The van der Waals surface area contributed by atoms with Gasteiger partial charge in [-0.3, -0.25) is 0 Å². The fraction of sp³-hybridized carbons (Fsp3) is 0.0476. The number of aryl methyl sites for hydroxylation is 1. The molecule has 0 bridgehead atoms. The van der Waals surface area contributed by atoms with E-state index in [0.717, 1.165) is 44.3 Å². The first-order valence-corrected chi connectivity index (χ1v) is 14.6. The van der Waals surface area contributed by atoms with Gasteiger partial charge < -0.3 is 14.4 Å². The van der Waals surface area contributed by atoms with Crippen molar-refractivity contribution in [1.82, 2.24) is 9.97 Å². The molecule has 0 spiro atoms. The van der Waals surface area contributed by atoms with E-state index in [2.05, 4.69) is 22.1 Å². The maximum atomic E-state index is 8.30. The predicted octanol–water partition coefficient (Wildman–Crippen LogP) is 10.6. The van der Waals surface area contributed by atoms with Gasteiger partial charge in [-0.2, -0.15) is 0 Å². The van der Waals surface area contributed by atoms with Crippen LogP contribution >= 0.6 is 0 Å². The zero-order valence-corrected chi connectivity index (χ0v) is 27.0. The van der Waals surface area contributed by atoms with Crippen molar-refractivity contribution >= 4 is 21.9 Å². The average molecular weight is 776 g/mol. The maximum absolute atomic E-state index is 8.30. The summed E-state index contributed by atoms with van der Waals surface area (Å²) < 4.78 is 46.5. The maximum Gasteiger partial charge on any atom is 0.120 e. The quantitative estimate of drug-likeness (QED) is 0.164. The molecule has 3 nitrogen and oxygen atoms in total. The number of fused-ring (bicyclic) bond motifs is 3. The molecular weight excluding hydrogens is 741 g/mol. The van der Waals surface area contributed by atoms with E-state index in [1.54, 1.807) is 42.7 Å². The molecular formula is C42H30IrN2O-2. The van der Waals surface area contributed by atoms with Crippen LogP contribution in [0, 0.1) is 19.0 Å². The third-order valence-electron chi connectivity index (χ3n) is 7.39. The molecule has 0 unspecified atom stereocenters. The van der Waals surface area contributed by atoms with Gasteiger partial charge in [0.05, 0.1) is 5.58 Å². The molecule has 3 heterocycles. The minimum atomic E-state index is -2.25. The van der Waals surface area contributed by atoms with Gasteiger partial charge in [0.15, 0.2) is 0 Å². The second-order valence-electron chi connectivity index (χ2n) is 10.4. The third-order valence-corrected chi connectivity index (χ3v) is 7.39. The minimum Gasteiger partial charge on any atom is -0.500 e. The van der Waals surface area contributed by atoms with Crippen LogP contribution in [0.25, 0.3) is 55.6 Å². The Morgan fingerprint density at radius 1 is 0.652 bits per heavy atom. The van der Waals surface area contributed by atoms with Crippen LogP contribution in [0.4, 0.5) is 0 Å². The summed E-state index contributed by atoms with van der Waals surface area (Å²) in [6.07, 6.45) is 1.69.